The van der Waals surface area contributed by atoms with Gasteiger partial charge < -0.3 is 10.6 Å². The zero-order valence-corrected chi connectivity index (χ0v) is 9.53. The van der Waals surface area contributed by atoms with Crippen molar-refractivity contribution in [3.05, 3.63) is 5.69 Å². The Hall–Kier alpha value is -1.17. The van der Waals surface area contributed by atoms with Gasteiger partial charge in [-0.25, -0.2) is 0 Å². The van der Waals surface area contributed by atoms with Gasteiger partial charge in [0.15, 0.2) is 5.69 Å². The largest absolute Gasteiger partial charge is 0.369 e. The second-order valence-electron chi connectivity index (χ2n) is 3.90. The predicted molar refractivity (Wildman–Crippen MR) is 56.7 cm³/mol. The van der Waals surface area contributed by atoms with Gasteiger partial charge in [-0.3, -0.25) is 4.79 Å². The van der Waals surface area contributed by atoms with Gasteiger partial charge in [-0.05, 0) is 20.8 Å². The van der Waals surface area contributed by atoms with E-state index in [0.717, 1.165) is 0 Å². The van der Waals surface area contributed by atoms with Crippen molar-refractivity contribution >= 4 is 22.4 Å². The summed E-state index contributed by atoms with van der Waals surface area (Å²) in [6, 6.07) is 0. The zero-order chi connectivity index (χ0) is 10.8. The van der Waals surface area contributed by atoms with E-state index in [1.807, 2.05) is 20.8 Å². The van der Waals surface area contributed by atoms with Gasteiger partial charge in [-0.2, -0.15) is 0 Å². The first kappa shape index (κ1) is 10.9. The van der Waals surface area contributed by atoms with Crippen molar-refractivity contribution in [1.82, 2.24) is 14.9 Å². The average molecular weight is 214 g/mol. The van der Waals surface area contributed by atoms with E-state index in [1.54, 1.807) is 7.05 Å². The van der Waals surface area contributed by atoms with Gasteiger partial charge in [0.25, 0.3) is 5.91 Å². The lowest BCUT2D eigenvalue weighted by molar-refractivity contribution is 0.0959. The van der Waals surface area contributed by atoms with Crippen LogP contribution in [0.25, 0.3) is 0 Å². The van der Waals surface area contributed by atoms with Crippen molar-refractivity contribution in [3.63, 3.8) is 0 Å². The van der Waals surface area contributed by atoms with Crippen LogP contribution < -0.4 is 10.6 Å². The number of hydrogen-bond acceptors (Lipinski definition) is 5. The second kappa shape index (κ2) is 3.91. The molecule has 0 radical (unpaired) electrons. The van der Waals surface area contributed by atoms with E-state index >= 15 is 0 Å². The van der Waals surface area contributed by atoms with E-state index in [-0.39, 0.29) is 11.4 Å². The van der Waals surface area contributed by atoms with Gasteiger partial charge >= 0.3 is 0 Å². The molecule has 0 aliphatic rings. The monoisotopic (exact) mass is 214 g/mol. The molecule has 0 saturated carbocycles. The molecule has 0 spiro atoms. The first-order valence-electron chi connectivity index (χ1n) is 4.26. The van der Waals surface area contributed by atoms with Crippen LogP contribution in [0.5, 0.6) is 0 Å². The summed E-state index contributed by atoms with van der Waals surface area (Å²) in [5.74, 6) is -0.217. The van der Waals surface area contributed by atoms with Crippen molar-refractivity contribution in [3.8, 4) is 0 Å². The summed E-state index contributed by atoms with van der Waals surface area (Å²) in [7, 11) is 1.57. The highest BCUT2D eigenvalue weighted by atomic mass is 32.1. The highest BCUT2D eigenvalue weighted by Crippen LogP contribution is 2.21. The summed E-state index contributed by atoms with van der Waals surface area (Å²) in [5, 5.41) is 10.2. The van der Waals surface area contributed by atoms with E-state index in [2.05, 4.69) is 20.2 Å². The molecule has 0 atom stereocenters. The third-order valence-electron chi connectivity index (χ3n) is 1.42. The fraction of sp³-hybridized carbons (Fsp3) is 0.625. The van der Waals surface area contributed by atoms with Crippen LogP contribution in [0, 0.1) is 0 Å². The molecule has 5 nitrogen and oxygen atoms in total. The SMILES string of the molecule is CNC(=O)c1nnsc1NC(C)(C)C. The van der Waals surface area contributed by atoms with Crippen molar-refractivity contribution < 1.29 is 4.79 Å². The number of aromatic nitrogens is 2. The minimum absolute atomic E-state index is 0.100. The number of nitrogens with zero attached hydrogens (tertiary/aromatic N) is 2. The minimum Gasteiger partial charge on any atom is -0.369 e. The molecule has 78 valence electrons. The number of hydrogen-bond donors (Lipinski definition) is 2. The van der Waals surface area contributed by atoms with Crippen LogP contribution in [0.2, 0.25) is 0 Å². The molecule has 1 rings (SSSR count). The lowest BCUT2D eigenvalue weighted by Crippen LogP contribution is -2.28. The second-order valence-corrected chi connectivity index (χ2v) is 4.66. The molecule has 2 N–H and O–H groups in total. The predicted octanol–water partition coefficient (Wildman–Crippen LogP) is 1.11. The molecule has 14 heavy (non-hydrogen) atoms. The van der Waals surface area contributed by atoms with Crippen molar-refractivity contribution in [2.45, 2.75) is 26.3 Å². The topological polar surface area (TPSA) is 66.9 Å². The Morgan fingerprint density at radius 1 is 1.43 bits per heavy atom. The van der Waals surface area contributed by atoms with E-state index in [9.17, 15) is 4.79 Å². The zero-order valence-electron chi connectivity index (χ0n) is 8.71. The smallest absolute Gasteiger partial charge is 0.274 e. The Kier molecular flexibility index (Phi) is 3.05. The molecular weight excluding hydrogens is 200 g/mol. The summed E-state index contributed by atoms with van der Waals surface area (Å²) in [4.78, 5) is 11.3. The molecular formula is C8H14N4OS. The van der Waals surface area contributed by atoms with Gasteiger partial charge in [-0.1, -0.05) is 4.49 Å². The number of rotatable bonds is 2. The maximum absolute atomic E-state index is 11.3. The summed E-state index contributed by atoms with van der Waals surface area (Å²) in [6.45, 7) is 6.04. The van der Waals surface area contributed by atoms with Gasteiger partial charge in [-0.15, -0.1) is 5.10 Å². The average Bonchev–Trinajstić information content (AvgIpc) is 2.48. The molecule has 0 bridgehead atoms. The first-order valence-corrected chi connectivity index (χ1v) is 5.04. The van der Waals surface area contributed by atoms with E-state index in [4.69, 9.17) is 0 Å². The molecule has 0 aromatic carbocycles. The molecule has 1 aromatic rings. The maximum Gasteiger partial charge on any atom is 0.274 e. The molecule has 0 aliphatic heterocycles. The molecule has 6 heteroatoms. The van der Waals surface area contributed by atoms with Gasteiger partial charge in [0.2, 0.25) is 0 Å². The maximum atomic E-state index is 11.3. The summed E-state index contributed by atoms with van der Waals surface area (Å²) < 4.78 is 3.74. The third kappa shape index (κ3) is 2.66. The normalized spacial score (nSPS) is 11.1. The van der Waals surface area contributed by atoms with E-state index in [0.29, 0.717) is 10.7 Å². The lowest BCUT2D eigenvalue weighted by Gasteiger charge is -2.20. The Morgan fingerprint density at radius 2 is 2.07 bits per heavy atom. The fourth-order valence-corrected chi connectivity index (χ4v) is 1.66. The molecule has 0 unspecified atom stereocenters. The Labute approximate surface area is 87.1 Å². The van der Waals surface area contributed by atoms with Crippen LogP contribution >= 0.6 is 11.5 Å². The standard InChI is InChI=1S/C8H14N4OS/c1-8(2,3)10-7-5(6(13)9-4)11-12-14-7/h10H,1-4H3,(H,9,13). The molecule has 1 amide bonds. The van der Waals surface area contributed by atoms with Gasteiger partial charge in [0, 0.05) is 24.1 Å². The van der Waals surface area contributed by atoms with E-state index < -0.39 is 0 Å². The van der Waals surface area contributed by atoms with Crippen molar-refractivity contribution in [1.29, 1.82) is 0 Å². The number of carbonyl (C=O) groups is 1. The summed E-state index contributed by atoms with van der Waals surface area (Å²) >= 11 is 1.19. The Balaban J connectivity index is 2.88. The number of nitrogens with one attached hydrogen (secondary N) is 2. The lowest BCUT2D eigenvalue weighted by atomic mass is 10.1. The summed E-state index contributed by atoms with van der Waals surface area (Å²) in [5.41, 5.74) is 0.254. The summed E-state index contributed by atoms with van der Waals surface area (Å²) in [6.07, 6.45) is 0. The number of carbonyl (C=O) groups excluding carboxylic acids is 1. The van der Waals surface area contributed by atoms with Crippen LogP contribution in [0.3, 0.4) is 0 Å². The van der Waals surface area contributed by atoms with Crippen molar-refractivity contribution in [2.75, 3.05) is 12.4 Å². The van der Waals surface area contributed by atoms with Crippen LogP contribution in [0.1, 0.15) is 31.3 Å². The molecule has 1 heterocycles. The van der Waals surface area contributed by atoms with Crippen LogP contribution in [-0.4, -0.2) is 28.1 Å². The number of anilines is 1. The van der Waals surface area contributed by atoms with Gasteiger partial charge in [0.05, 0.1) is 0 Å². The van der Waals surface area contributed by atoms with Crippen molar-refractivity contribution in [2.24, 2.45) is 0 Å². The molecule has 0 fully saturated rings. The van der Waals surface area contributed by atoms with Crippen LogP contribution in [0.4, 0.5) is 5.00 Å². The Morgan fingerprint density at radius 3 is 2.57 bits per heavy atom. The molecule has 1 aromatic heterocycles. The number of amides is 1. The first-order chi connectivity index (χ1) is 6.44. The Bertz CT molecular complexity index is 328. The molecule has 0 aliphatic carbocycles. The van der Waals surface area contributed by atoms with Crippen LogP contribution in [-0.2, 0) is 0 Å². The highest BCUT2D eigenvalue weighted by Gasteiger charge is 2.19. The minimum atomic E-state index is -0.217. The van der Waals surface area contributed by atoms with Crippen LogP contribution in [0.15, 0.2) is 0 Å². The molecule has 0 saturated heterocycles. The third-order valence-corrected chi connectivity index (χ3v) is 2.06. The highest BCUT2D eigenvalue weighted by molar-refractivity contribution is 7.10. The fourth-order valence-electron chi connectivity index (χ4n) is 0.880. The van der Waals surface area contributed by atoms with E-state index in [1.165, 1.54) is 11.5 Å². The van der Waals surface area contributed by atoms with Gasteiger partial charge in [0.1, 0.15) is 5.00 Å². The quantitative estimate of drug-likeness (QED) is 0.774.